The van der Waals surface area contributed by atoms with Gasteiger partial charge in [0.15, 0.2) is 11.0 Å². The summed E-state index contributed by atoms with van der Waals surface area (Å²) < 4.78 is 18.9. The van der Waals surface area contributed by atoms with Gasteiger partial charge in [-0.05, 0) is 6.07 Å². The van der Waals surface area contributed by atoms with E-state index in [9.17, 15) is 4.79 Å². The molecule has 27 heavy (non-hydrogen) atoms. The summed E-state index contributed by atoms with van der Waals surface area (Å²) in [5.74, 6) is 1.42. The summed E-state index contributed by atoms with van der Waals surface area (Å²) in [5, 5.41) is 4.60. The summed E-state index contributed by atoms with van der Waals surface area (Å²) in [5.41, 5.74) is 2.46. The molecule has 0 aliphatic rings. The number of rotatable bonds is 4. The molecule has 2 heterocycles. The van der Waals surface area contributed by atoms with Crippen LogP contribution in [-0.2, 0) is 7.05 Å². The molecule has 0 aliphatic heterocycles. The van der Waals surface area contributed by atoms with E-state index in [-0.39, 0.29) is 5.43 Å². The largest absolute Gasteiger partial charge is 0.496 e. The standard InChI is InChI=1S/C21H18N2O4/c1-23-14(9-10-22-23)19-17(25-2)12-18(26-3)20-15(24)11-16(27-21(19)20)13-7-5-4-6-8-13/h4-12H,1-3H3. The minimum Gasteiger partial charge on any atom is -0.496 e. The predicted octanol–water partition coefficient (Wildman–Crippen LogP) is 3.88. The third kappa shape index (κ3) is 2.75. The summed E-state index contributed by atoms with van der Waals surface area (Å²) in [6, 6.07) is 14.5. The highest BCUT2D eigenvalue weighted by atomic mass is 16.5. The van der Waals surface area contributed by atoms with Gasteiger partial charge in [0.2, 0.25) is 0 Å². The number of ether oxygens (including phenoxy) is 2. The van der Waals surface area contributed by atoms with Crippen LogP contribution in [0.25, 0.3) is 33.6 Å². The molecule has 136 valence electrons. The predicted molar refractivity (Wildman–Crippen MR) is 103 cm³/mol. The molecule has 6 nitrogen and oxygen atoms in total. The van der Waals surface area contributed by atoms with Crippen molar-refractivity contribution in [2.75, 3.05) is 14.2 Å². The van der Waals surface area contributed by atoms with E-state index >= 15 is 0 Å². The molecule has 0 amide bonds. The van der Waals surface area contributed by atoms with Gasteiger partial charge in [-0.15, -0.1) is 0 Å². The van der Waals surface area contributed by atoms with Gasteiger partial charge in [-0.25, -0.2) is 0 Å². The van der Waals surface area contributed by atoms with Crippen molar-refractivity contribution in [3.8, 4) is 34.1 Å². The highest BCUT2D eigenvalue weighted by molar-refractivity contribution is 5.99. The molecule has 0 saturated heterocycles. The molecule has 0 fully saturated rings. The van der Waals surface area contributed by atoms with Gasteiger partial charge in [-0.3, -0.25) is 9.48 Å². The van der Waals surface area contributed by atoms with Gasteiger partial charge < -0.3 is 13.9 Å². The van der Waals surface area contributed by atoms with Crippen LogP contribution < -0.4 is 14.9 Å². The molecule has 2 aromatic carbocycles. The Kier molecular flexibility index (Phi) is 4.16. The molecule has 0 spiro atoms. The van der Waals surface area contributed by atoms with Gasteiger partial charge in [0.1, 0.15) is 22.6 Å². The van der Waals surface area contributed by atoms with Crippen LogP contribution in [0.4, 0.5) is 0 Å². The lowest BCUT2D eigenvalue weighted by molar-refractivity contribution is 0.397. The van der Waals surface area contributed by atoms with Crippen LogP contribution in [0, 0.1) is 0 Å². The van der Waals surface area contributed by atoms with Gasteiger partial charge in [0.05, 0.1) is 25.5 Å². The molecule has 6 heteroatoms. The lowest BCUT2D eigenvalue weighted by Gasteiger charge is -2.15. The average Bonchev–Trinajstić information content (AvgIpc) is 3.12. The molecule has 4 aromatic rings. The van der Waals surface area contributed by atoms with Gasteiger partial charge in [-0.2, -0.15) is 5.10 Å². The van der Waals surface area contributed by atoms with Crippen molar-refractivity contribution in [2.24, 2.45) is 7.05 Å². The van der Waals surface area contributed by atoms with Crippen molar-refractivity contribution in [3.05, 3.63) is 65.0 Å². The van der Waals surface area contributed by atoms with Crippen LogP contribution in [-0.4, -0.2) is 24.0 Å². The summed E-state index contributed by atoms with van der Waals surface area (Å²) in [6.45, 7) is 0. The number of aromatic nitrogens is 2. The minimum atomic E-state index is -0.182. The topological polar surface area (TPSA) is 66.5 Å². The molecule has 4 rings (SSSR count). The number of nitrogens with zero attached hydrogens (tertiary/aromatic N) is 2. The molecule has 0 unspecified atom stereocenters. The van der Waals surface area contributed by atoms with Gasteiger partial charge >= 0.3 is 0 Å². The molecule has 0 saturated carbocycles. The van der Waals surface area contributed by atoms with Crippen LogP contribution in [0.3, 0.4) is 0 Å². The Morgan fingerprint density at radius 2 is 1.74 bits per heavy atom. The maximum Gasteiger partial charge on any atom is 0.197 e. The molecule has 0 radical (unpaired) electrons. The molecular formula is C21H18N2O4. The smallest absolute Gasteiger partial charge is 0.197 e. The average molecular weight is 362 g/mol. The van der Waals surface area contributed by atoms with Gasteiger partial charge in [0.25, 0.3) is 0 Å². The Bertz CT molecular complexity index is 1180. The zero-order chi connectivity index (χ0) is 19.0. The van der Waals surface area contributed by atoms with Gasteiger partial charge in [0, 0.05) is 30.9 Å². The molecule has 0 N–H and O–H groups in total. The molecule has 0 atom stereocenters. The van der Waals surface area contributed by atoms with Crippen molar-refractivity contribution in [3.63, 3.8) is 0 Å². The first-order valence-electron chi connectivity index (χ1n) is 8.40. The van der Waals surface area contributed by atoms with Crippen molar-refractivity contribution < 1.29 is 13.9 Å². The normalized spacial score (nSPS) is 10.9. The fourth-order valence-corrected chi connectivity index (χ4v) is 3.21. The summed E-state index contributed by atoms with van der Waals surface area (Å²) in [7, 11) is 4.91. The van der Waals surface area contributed by atoms with E-state index in [2.05, 4.69) is 5.10 Å². The lowest BCUT2D eigenvalue weighted by Crippen LogP contribution is -2.06. The first kappa shape index (κ1) is 16.9. The molecule has 0 aliphatic carbocycles. The minimum absolute atomic E-state index is 0.182. The maximum atomic E-state index is 13.0. The van der Waals surface area contributed by atoms with Crippen LogP contribution in [0.1, 0.15) is 0 Å². The molecule has 0 bridgehead atoms. The van der Waals surface area contributed by atoms with Crippen LogP contribution in [0.15, 0.2) is 63.9 Å². The van der Waals surface area contributed by atoms with E-state index in [1.54, 1.807) is 24.1 Å². The number of hydrogen-bond acceptors (Lipinski definition) is 5. The third-order valence-corrected chi connectivity index (χ3v) is 4.50. The van der Waals surface area contributed by atoms with Gasteiger partial charge in [-0.1, -0.05) is 30.3 Å². The van der Waals surface area contributed by atoms with Crippen LogP contribution in [0.2, 0.25) is 0 Å². The van der Waals surface area contributed by atoms with E-state index in [4.69, 9.17) is 13.9 Å². The van der Waals surface area contributed by atoms with Crippen molar-refractivity contribution in [2.45, 2.75) is 0 Å². The van der Waals surface area contributed by atoms with Crippen molar-refractivity contribution in [1.82, 2.24) is 9.78 Å². The van der Waals surface area contributed by atoms with E-state index in [1.807, 2.05) is 43.4 Å². The molecule has 2 aromatic heterocycles. The summed E-state index contributed by atoms with van der Waals surface area (Å²) in [4.78, 5) is 13.0. The number of hydrogen-bond donors (Lipinski definition) is 0. The Morgan fingerprint density at radius 1 is 1.00 bits per heavy atom. The Balaban J connectivity index is 2.16. The number of aryl methyl sites for hydroxylation is 1. The maximum absolute atomic E-state index is 13.0. The van der Waals surface area contributed by atoms with E-state index < -0.39 is 0 Å². The highest BCUT2D eigenvalue weighted by Crippen LogP contribution is 2.41. The zero-order valence-corrected chi connectivity index (χ0v) is 15.2. The quantitative estimate of drug-likeness (QED) is 0.551. The van der Waals surface area contributed by atoms with Crippen molar-refractivity contribution in [1.29, 1.82) is 0 Å². The second-order valence-electron chi connectivity index (χ2n) is 6.04. The lowest BCUT2D eigenvalue weighted by atomic mass is 10.0. The van der Waals surface area contributed by atoms with E-state index in [0.29, 0.717) is 33.8 Å². The second-order valence-corrected chi connectivity index (χ2v) is 6.04. The van der Waals surface area contributed by atoms with E-state index in [1.165, 1.54) is 13.2 Å². The molecular weight excluding hydrogens is 344 g/mol. The summed E-state index contributed by atoms with van der Waals surface area (Å²) in [6.07, 6.45) is 1.68. The monoisotopic (exact) mass is 362 g/mol. The first-order valence-corrected chi connectivity index (χ1v) is 8.40. The fraction of sp³-hybridized carbons (Fsp3) is 0.143. The zero-order valence-electron chi connectivity index (χ0n) is 15.2. The number of fused-ring (bicyclic) bond motifs is 1. The highest BCUT2D eigenvalue weighted by Gasteiger charge is 2.22. The number of benzene rings is 2. The Hall–Kier alpha value is -3.54. The number of methoxy groups -OCH3 is 2. The fourth-order valence-electron chi connectivity index (χ4n) is 3.21. The third-order valence-electron chi connectivity index (χ3n) is 4.50. The second kappa shape index (κ2) is 6.64. The van der Waals surface area contributed by atoms with Crippen molar-refractivity contribution >= 4 is 11.0 Å². The summed E-state index contributed by atoms with van der Waals surface area (Å²) >= 11 is 0. The SMILES string of the molecule is COc1cc(OC)c2c(=O)cc(-c3ccccc3)oc2c1-c1ccnn1C. The Morgan fingerprint density at radius 3 is 2.37 bits per heavy atom. The first-order chi connectivity index (χ1) is 13.1. The van der Waals surface area contributed by atoms with E-state index in [0.717, 1.165) is 11.3 Å². The Labute approximate surface area is 155 Å². The van der Waals surface area contributed by atoms with Crippen LogP contribution in [0.5, 0.6) is 11.5 Å². The van der Waals surface area contributed by atoms with Crippen LogP contribution >= 0.6 is 0 Å².